The average molecular weight is 644 g/mol. The predicted octanol–water partition coefficient (Wildman–Crippen LogP) is 12.4. The van der Waals surface area contributed by atoms with Gasteiger partial charge in [0.1, 0.15) is 0 Å². The molecule has 0 radical (unpaired) electrons. The van der Waals surface area contributed by atoms with Crippen molar-refractivity contribution in [2.75, 3.05) is 40.5 Å². The Hall–Kier alpha value is -1.65. The van der Waals surface area contributed by atoms with E-state index in [1.807, 2.05) is 0 Å². The van der Waals surface area contributed by atoms with E-state index in [-0.39, 0.29) is 11.9 Å². The molecular formula is C42H77NO3. The van der Waals surface area contributed by atoms with Gasteiger partial charge in [-0.25, -0.2) is 0 Å². The molecule has 0 fully saturated rings. The molecule has 0 saturated carbocycles. The molecule has 0 aliphatic heterocycles. The molecule has 0 aromatic rings. The van der Waals surface area contributed by atoms with Crippen molar-refractivity contribution in [2.45, 2.75) is 168 Å². The Balaban J connectivity index is 3.69. The number of unbranched alkanes of at least 4 members (excludes halogenated alkanes) is 17. The zero-order chi connectivity index (χ0) is 33.6. The first kappa shape index (κ1) is 44.4. The van der Waals surface area contributed by atoms with Gasteiger partial charge in [0.05, 0.1) is 13.2 Å². The maximum Gasteiger partial charge on any atom is 0.305 e. The van der Waals surface area contributed by atoms with Crippen molar-refractivity contribution in [1.82, 2.24) is 4.90 Å². The lowest BCUT2D eigenvalue weighted by Crippen LogP contribution is -2.30. The molecule has 0 aliphatic carbocycles. The van der Waals surface area contributed by atoms with Crippen LogP contribution in [0.2, 0.25) is 0 Å². The summed E-state index contributed by atoms with van der Waals surface area (Å²) >= 11 is 0. The predicted molar refractivity (Wildman–Crippen MR) is 203 cm³/mol. The number of allylic oxidation sites excluding steroid dienone is 8. The van der Waals surface area contributed by atoms with Crippen LogP contribution in [0.5, 0.6) is 0 Å². The van der Waals surface area contributed by atoms with Crippen LogP contribution in [0.3, 0.4) is 0 Å². The highest BCUT2D eigenvalue weighted by Crippen LogP contribution is 2.11. The SMILES string of the molecule is CCCCC/C=C\C/C=C\CCCCCCCCOCC(COC(=O)CCCCCCC/C=C\C/C=C\CCCCC)CN(C)C. The van der Waals surface area contributed by atoms with Gasteiger partial charge in [-0.05, 0) is 91.1 Å². The Bertz CT molecular complexity index is 739. The van der Waals surface area contributed by atoms with Crippen LogP contribution >= 0.6 is 0 Å². The molecule has 0 rings (SSSR count). The van der Waals surface area contributed by atoms with Crippen molar-refractivity contribution in [2.24, 2.45) is 5.92 Å². The third kappa shape index (κ3) is 36.8. The number of esters is 1. The average Bonchev–Trinajstić information content (AvgIpc) is 3.04. The summed E-state index contributed by atoms with van der Waals surface area (Å²) in [7, 11) is 4.14. The van der Waals surface area contributed by atoms with Crippen LogP contribution in [0.4, 0.5) is 0 Å². The molecule has 0 spiro atoms. The van der Waals surface area contributed by atoms with E-state index in [0.717, 1.165) is 51.7 Å². The highest BCUT2D eigenvalue weighted by atomic mass is 16.5. The van der Waals surface area contributed by atoms with E-state index in [0.29, 0.717) is 19.6 Å². The highest BCUT2D eigenvalue weighted by molar-refractivity contribution is 5.69. The molecule has 0 bridgehead atoms. The smallest absolute Gasteiger partial charge is 0.305 e. The fourth-order valence-electron chi connectivity index (χ4n) is 5.48. The second-order valence-corrected chi connectivity index (χ2v) is 13.5. The zero-order valence-corrected chi connectivity index (χ0v) is 31.2. The van der Waals surface area contributed by atoms with Gasteiger partial charge in [0, 0.05) is 25.5 Å². The minimum Gasteiger partial charge on any atom is -0.465 e. The number of carbonyl (C=O) groups is 1. The minimum atomic E-state index is -0.0560. The molecule has 0 aliphatic rings. The third-order valence-electron chi connectivity index (χ3n) is 8.28. The van der Waals surface area contributed by atoms with Gasteiger partial charge in [-0.15, -0.1) is 0 Å². The summed E-state index contributed by atoms with van der Waals surface area (Å²) in [4.78, 5) is 14.5. The Morgan fingerprint density at radius 1 is 0.543 bits per heavy atom. The second-order valence-electron chi connectivity index (χ2n) is 13.5. The van der Waals surface area contributed by atoms with Gasteiger partial charge >= 0.3 is 5.97 Å². The molecule has 4 nitrogen and oxygen atoms in total. The summed E-state index contributed by atoms with van der Waals surface area (Å²) in [6.07, 6.45) is 47.3. The highest BCUT2D eigenvalue weighted by Gasteiger charge is 2.14. The lowest BCUT2D eigenvalue weighted by molar-refractivity contribution is -0.146. The van der Waals surface area contributed by atoms with Gasteiger partial charge < -0.3 is 14.4 Å². The van der Waals surface area contributed by atoms with Gasteiger partial charge in [-0.2, -0.15) is 0 Å². The second kappa shape index (κ2) is 37.8. The van der Waals surface area contributed by atoms with Gasteiger partial charge in [-0.1, -0.05) is 133 Å². The van der Waals surface area contributed by atoms with Crippen molar-refractivity contribution in [3.8, 4) is 0 Å². The van der Waals surface area contributed by atoms with Crippen molar-refractivity contribution in [3.05, 3.63) is 48.6 Å². The number of carbonyl (C=O) groups excluding carboxylic acids is 1. The first-order chi connectivity index (χ1) is 22.6. The monoisotopic (exact) mass is 644 g/mol. The van der Waals surface area contributed by atoms with E-state index in [1.54, 1.807) is 0 Å². The Labute approximate surface area is 287 Å². The summed E-state index contributed by atoms with van der Waals surface area (Å²) in [6, 6.07) is 0. The summed E-state index contributed by atoms with van der Waals surface area (Å²) in [5, 5.41) is 0. The van der Waals surface area contributed by atoms with Gasteiger partial charge in [0.25, 0.3) is 0 Å². The van der Waals surface area contributed by atoms with Crippen LogP contribution in [0.15, 0.2) is 48.6 Å². The molecule has 0 N–H and O–H groups in total. The number of hydrogen-bond acceptors (Lipinski definition) is 4. The molecule has 0 aromatic heterocycles. The number of ether oxygens (including phenoxy) is 2. The summed E-state index contributed by atoms with van der Waals surface area (Å²) in [6.45, 7) is 7.31. The maximum absolute atomic E-state index is 12.3. The topological polar surface area (TPSA) is 38.8 Å². The number of nitrogens with zero attached hydrogens (tertiary/aromatic N) is 1. The first-order valence-electron chi connectivity index (χ1n) is 19.6. The van der Waals surface area contributed by atoms with Crippen LogP contribution in [-0.2, 0) is 14.3 Å². The van der Waals surface area contributed by atoms with Gasteiger partial charge in [0.15, 0.2) is 0 Å². The molecule has 0 aromatic carbocycles. The molecule has 0 heterocycles. The minimum absolute atomic E-state index is 0.0560. The van der Waals surface area contributed by atoms with E-state index >= 15 is 0 Å². The van der Waals surface area contributed by atoms with Crippen molar-refractivity contribution < 1.29 is 14.3 Å². The molecule has 1 unspecified atom stereocenters. The lowest BCUT2D eigenvalue weighted by atomic mass is 10.1. The normalized spacial score (nSPS) is 13.0. The summed E-state index contributed by atoms with van der Waals surface area (Å²) in [5.74, 6) is 0.174. The van der Waals surface area contributed by atoms with Crippen LogP contribution in [0, 0.1) is 5.92 Å². The molecule has 1 atom stereocenters. The van der Waals surface area contributed by atoms with E-state index in [2.05, 4.69) is 81.5 Å². The van der Waals surface area contributed by atoms with Crippen molar-refractivity contribution >= 4 is 5.97 Å². The third-order valence-corrected chi connectivity index (χ3v) is 8.28. The van der Waals surface area contributed by atoms with E-state index in [1.165, 1.54) is 109 Å². The molecule has 0 amide bonds. The number of hydrogen-bond donors (Lipinski definition) is 0. The maximum atomic E-state index is 12.3. The molecule has 0 saturated heterocycles. The Kier molecular flexibility index (Phi) is 36.4. The molecule has 46 heavy (non-hydrogen) atoms. The van der Waals surface area contributed by atoms with E-state index in [4.69, 9.17) is 9.47 Å². The fourth-order valence-corrected chi connectivity index (χ4v) is 5.48. The molecule has 268 valence electrons. The quantitative estimate of drug-likeness (QED) is 0.0391. The largest absolute Gasteiger partial charge is 0.465 e. The van der Waals surface area contributed by atoms with Crippen LogP contribution < -0.4 is 0 Å². The summed E-state index contributed by atoms with van der Waals surface area (Å²) < 4.78 is 11.6. The molecular weight excluding hydrogens is 566 g/mol. The Morgan fingerprint density at radius 3 is 1.46 bits per heavy atom. The summed E-state index contributed by atoms with van der Waals surface area (Å²) in [5.41, 5.74) is 0. The van der Waals surface area contributed by atoms with E-state index < -0.39 is 0 Å². The Morgan fingerprint density at radius 2 is 0.978 bits per heavy atom. The fraction of sp³-hybridized carbons (Fsp3) is 0.786. The first-order valence-corrected chi connectivity index (χ1v) is 19.6. The van der Waals surface area contributed by atoms with E-state index in [9.17, 15) is 4.79 Å². The lowest BCUT2D eigenvalue weighted by Gasteiger charge is -2.21. The van der Waals surface area contributed by atoms with Crippen LogP contribution in [0.25, 0.3) is 0 Å². The number of rotatable bonds is 35. The van der Waals surface area contributed by atoms with Crippen molar-refractivity contribution in [1.29, 1.82) is 0 Å². The standard InChI is InChI=1S/C42H77NO3/c1-5-7-9-11-13-15-17-19-21-23-25-27-29-31-33-35-37-45-39-41(38-43(3)4)40-46-42(44)36-34-32-30-28-26-24-22-20-18-16-14-12-10-8-6-2/h13-16,19-22,41H,5-12,17-18,23-40H2,1-4H3/b15-13-,16-14-,21-19-,22-20-. The zero-order valence-electron chi connectivity index (χ0n) is 31.2. The van der Waals surface area contributed by atoms with Crippen LogP contribution in [0.1, 0.15) is 168 Å². The van der Waals surface area contributed by atoms with Crippen LogP contribution in [-0.4, -0.2) is 51.3 Å². The van der Waals surface area contributed by atoms with Gasteiger partial charge in [-0.3, -0.25) is 4.79 Å². The molecule has 4 heteroatoms. The van der Waals surface area contributed by atoms with Gasteiger partial charge in [0.2, 0.25) is 0 Å². The van der Waals surface area contributed by atoms with Crippen molar-refractivity contribution in [3.63, 3.8) is 0 Å².